The zero-order chi connectivity index (χ0) is 15.2. The molecule has 0 spiro atoms. The molecular formula is C14H25N3O2S. The molecule has 0 amide bonds. The molecule has 0 aliphatic rings. The fraction of sp³-hybridized carbons (Fsp3) is 0.714. The summed E-state index contributed by atoms with van der Waals surface area (Å²) < 4.78 is 1.97. The first-order chi connectivity index (χ1) is 9.41. The lowest BCUT2D eigenvalue weighted by Gasteiger charge is -2.31. The third-order valence-corrected chi connectivity index (χ3v) is 4.48. The van der Waals surface area contributed by atoms with Gasteiger partial charge in [0, 0.05) is 31.2 Å². The number of carboxylic acid groups (broad SMARTS) is 1. The Morgan fingerprint density at radius 1 is 1.60 bits per heavy atom. The van der Waals surface area contributed by atoms with Gasteiger partial charge in [0.2, 0.25) is 0 Å². The van der Waals surface area contributed by atoms with E-state index in [2.05, 4.69) is 10.3 Å². The van der Waals surface area contributed by atoms with Crippen LogP contribution in [0.5, 0.6) is 0 Å². The predicted molar refractivity (Wildman–Crippen MR) is 82.1 cm³/mol. The van der Waals surface area contributed by atoms with Crippen LogP contribution in [0.1, 0.15) is 40.0 Å². The Morgan fingerprint density at radius 2 is 2.30 bits per heavy atom. The minimum atomic E-state index is -0.809. The van der Waals surface area contributed by atoms with E-state index in [-0.39, 0.29) is 6.04 Å². The van der Waals surface area contributed by atoms with E-state index < -0.39 is 11.5 Å². The summed E-state index contributed by atoms with van der Waals surface area (Å²) >= 11 is 1.67. The van der Waals surface area contributed by atoms with Gasteiger partial charge in [-0.25, -0.2) is 4.98 Å². The molecule has 1 aromatic rings. The van der Waals surface area contributed by atoms with Gasteiger partial charge in [-0.1, -0.05) is 18.7 Å². The Bertz CT molecular complexity index is 434. The second-order valence-corrected chi connectivity index (χ2v) is 6.37. The number of rotatable bonds is 9. The lowest BCUT2D eigenvalue weighted by Crippen LogP contribution is -2.54. The molecule has 1 unspecified atom stereocenters. The fourth-order valence-electron chi connectivity index (χ4n) is 2.25. The highest BCUT2D eigenvalue weighted by Crippen LogP contribution is 2.23. The lowest BCUT2D eigenvalue weighted by molar-refractivity contribution is -0.145. The van der Waals surface area contributed by atoms with Crippen LogP contribution in [0.2, 0.25) is 0 Å². The molecule has 1 aromatic heterocycles. The van der Waals surface area contributed by atoms with E-state index in [1.54, 1.807) is 18.0 Å². The number of carboxylic acids is 1. The number of aromatic nitrogens is 2. The van der Waals surface area contributed by atoms with E-state index in [1.807, 2.05) is 38.6 Å². The molecule has 20 heavy (non-hydrogen) atoms. The summed E-state index contributed by atoms with van der Waals surface area (Å²) in [5.74, 6) is 0.121. The molecule has 6 heteroatoms. The van der Waals surface area contributed by atoms with Crippen LogP contribution in [0.15, 0.2) is 17.6 Å². The van der Waals surface area contributed by atoms with Crippen LogP contribution in [0, 0.1) is 0 Å². The number of nitrogens with zero attached hydrogens (tertiary/aromatic N) is 2. The van der Waals surface area contributed by atoms with E-state index in [1.165, 1.54) is 0 Å². The van der Waals surface area contributed by atoms with Gasteiger partial charge in [-0.05, 0) is 33.1 Å². The molecule has 0 aliphatic heterocycles. The van der Waals surface area contributed by atoms with Gasteiger partial charge in [-0.2, -0.15) is 0 Å². The van der Waals surface area contributed by atoms with Gasteiger partial charge in [0.1, 0.15) is 5.54 Å². The Kier molecular flexibility index (Phi) is 6.55. The average molecular weight is 299 g/mol. The maximum absolute atomic E-state index is 11.6. The first-order valence-electron chi connectivity index (χ1n) is 7.02. The van der Waals surface area contributed by atoms with Crippen molar-refractivity contribution in [3.63, 3.8) is 0 Å². The number of nitrogens with one attached hydrogen (secondary N) is 1. The zero-order valence-corrected chi connectivity index (χ0v) is 13.5. The third kappa shape index (κ3) is 4.52. The standard InChI is InChI=1S/C14H25N3O2S/c1-5-14(12(18)19,16-11(2)3)7-6-10-20-13-15-8-9-17(13)4/h8-9,11,16H,5-7,10H2,1-4H3,(H,18,19). The fourth-order valence-corrected chi connectivity index (χ4v) is 3.12. The number of thioether (sulfide) groups is 1. The van der Waals surface area contributed by atoms with Gasteiger partial charge in [-0.3, -0.25) is 10.1 Å². The molecule has 0 aliphatic carbocycles. The van der Waals surface area contributed by atoms with Crippen LogP contribution in [0.4, 0.5) is 0 Å². The molecule has 0 aromatic carbocycles. The molecule has 0 radical (unpaired) electrons. The van der Waals surface area contributed by atoms with Gasteiger partial charge >= 0.3 is 5.97 Å². The van der Waals surface area contributed by atoms with Crippen molar-refractivity contribution in [3.8, 4) is 0 Å². The molecule has 114 valence electrons. The zero-order valence-electron chi connectivity index (χ0n) is 12.7. The number of aliphatic carboxylic acids is 1. The van der Waals surface area contributed by atoms with E-state index in [4.69, 9.17) is 0 Å². The lowest BCUT2D eigenvalue weighted by atomic mass is 9.90. The largest absolute Gasteiger partial charge is 0.480 e. The summed E-state index contributed by atoms with van der Waals surface area (Å²) in [5.41, 5.74) is -0.809. The van der Waals surface area contributed by atoms with Crippen molar-refractivity contribution in [2.24, 2.45) is 7.05 Å². The maximum atomic E-state index is 11.6. The van der Waals surface area contributed by atoms with Gasteiger partial charge in [0.15, 0.2) is 5.16 Å². The number of aryl methyl sites for hydroxylation is 1. The van der Waals surface area contributed by atoms with E-state index in [0.717, 1.165) is 17.3 Å². The minimum Gasteiger partial charge on any atom is -0.480 e. The van der Waals surface area contributed by atoms with Gasteiger partial charge < -0.3 is 9.67 Å². The third-order valence-electron chi connectivity index (χ3n) is 3.33. The van der Waals surface area contributed by atoms with E-state index >= 15 is 0 Å². The Labute approximate surface area is 125 Å². The molecule has 0 saturated carbocycles. The smallest absolute Gasteiger partial charge is 0.323 e. The summed E-state index contributed by atoms with van der Waals surface area (Å²) in [4.78, 5) is 15.8. The maximum Gasteiger partial charge on any atom is 0.323 e. The Balaban J connectivity index is 2.50. The van der Waals surface area contributed by atoms with Crippen molar-refractivity contribution in [2.75, 3.05) is 5.75 Å². The Hall–Kier alpha value is -1.01. The van der Waals surface area contributed by atoms with Crippen molar-refractivity contribution in [1.82, 2.24) is 14.9 Å². The van der Waals surface area contributed by atoms with Crippen molar-refractivity contribution < 1.29 is 9.90 Å². The van der Waals surface area contributed by atoms with Gasteiger partial charge in [-0.15, -0.1) is 0 Å². The van der Waals surface area contributed by atoms with Crippen LogP contribution < -0.4 is 5.32 Å². The highest BCUT2D eigenvalue weighted by atomic mass is 32.2. The monoisotopic (exact) mass is 299 g/mol. The quantitative estimate of drug-likeness (QED) is 0.542. The van der Waals surface area contributed by atoms with Crippen LogP contribution >= 0.6 is 11.8 Å². The van der Waals surface area contributed by atoms with E-state index in [9.17, 15) is 9.90 Å². The van der Waals surface area contributed by atoms with Crippen LogP contribution in [-0.4, -0.2) is 38.0 Å². The van der Waals surface area contributed by atoms with E-state index in [0.29, 0.717) is 12.8 Å². The highest BCUT2D eigenvalue weighted by molar-refractivity contribution is 7.99. The van der Waals surface area contributed by atoms with Crippen molar-refractivity contribution in [3.05, 3.63) is 12.4 Å². The minimum absolute atomic E-state index is 0.160. The summed E-state index contributed by atoms with van der Waals surface area (Å²) in [6, 6.07) is 0.160. The van der Waals surface area contributed by atoms with Crippen molar-refractivity contribution in [1.29, 1.82) is 0 Å². The molecular weight excluding hydrogens is 274 g/mol. The van der Waals surface area contributed by atoms with Crippen molar-refractivity contribution in [2.45, 2.75) is 56.8 Å². The second kappa shape index (κ2) is 7.69. The topological polar surface area (TPSA) is 67.2 Å². The summed E-state index contributed by atoms with van der Waals surface area (Å²) in [6.07, 6.45) is 5.76. The van der Waals surface area contributed by atoms with Crippen LogP contribution in [0.3, 0.4) is 0 Å². The molecule has 2 N–H and O–H groups in total. The first kappa shape index (κ1) is 17.0. The molecule has 5 nitrogen and oxygen atoms in total. The second-order valence-electron chi connectivity index (χ2n) is 5.31. The van der Waals surface area contributed by atoms with Crippen LogP contribution in [-0.2, 0) is 11.8 Å². The van der Waals surface area contributed by atoms with Crippen LogP contribution in [0.25, 0.3) is 0 Å². The summed E-state index contributed by atoms with van der Waals surface area (Å²) in [6.45, 7) is 5.89. The highest BCUT2D eigenvalue weighted by Gasteiger charge is 2.36. The SMILES string of the molecule is CCC(CCCSc1nccn1C)(NC(C)C)C(=O)O. The normalized spacial score (nSPS) is 14.4. The molecule has 0 saturated heterocycles. The number of carbonyl (C=O) groups is 1. The first-order valence-corrected chi connectivity index (χ1v) is 8.01. The Morgan fingerprint density at radius 3 is 2.75 bits per heavy atom. The molecule has 1 atom stereocenters. The van der Waals surface area contributed by atoms with Crippen molar-refractivity contribution >= 4 is 17.7 Å². The number of imidazole rings is 1. The summed E-state index contributed by atoms with van der Waals surface area (Å²) in [5, 5.41) is 13.7. The predicted octanol–water partition coefficient (Wildman–Crippen LogP) is 2.52. The molecule has 0 bridgehead atoms. The number of hydrogen-bond acceptors (Lipinski definition) is 4. The molecule has 1 heterocycles. The van der Waals surface area contributed by atoms with Gasteiger partial charge in [0.05, 0.1) is 0 Å². The molecule has 0 fully saturated rings. The number of hydrogen-bond donors (Lipinski definition) is 2. The molecule has 1 rings (SSSR count). The van der Waals surface area contributed by atoms with Gasteiger partial charge in [0.25, 0.3) is 0 Å². The summed E-state index contributed by atoms with van der Waals surface area (Å²) in [7, 11) is 1.96. The average Bonchev–Trinajstić information content (AvgIpc) is 2.78.